The molecule has 0 saturated heterocycles. The highest BCUT2D eigenvalue weighted by atomic mass is 32.2. The van der Waals surface area contributed by atoms with Crippen LogP contribution in [0.2, 0.25) is 0 Å². The summed E-state index contributed by atoms with van der Waals surface area (Å²) in [4.78, 5) is 1.24. The Labute approximate surface area is 76.7 Å². The highest BCUT2D eigenvalue weighted by Gasteiger charge is 1.88. The molecular formula is C10H9NS. The molecule has 1 aromatic carbocycles. The van der Waals surface area contributed by atoms with Gasteiger partial charge in [0.15, 0.2) is 0 Å². The van der Waals surface area contributed by atoms with Gasteiger partial charge in [0.25, 0.3) is 0 Å². The minimum absolute atomic E-state index is 1.06. The molecule has 60 valence electrons. The molecule has 0 aliphatic carbocycles. The Balaban J connectivity index is 2.79. The Hall–Kier alpha value is -1.20. The van der Waals surface area contributed by atoms with Crippen LogP contribution in [0.4, 0.5) is 0 Å². The molecule has 0 saturated carbocycles. The van der Waals surface area contributed by atoms with Crippen molar-refractivity contribution < 1.29 is 0 Å². The smallest absolute Gasteiger partial charge is 0.0912 e. The Morgan fingerprint density at radius 3 is 2.50 bits per heavy atom. The second-order valence-electron chi connectivity index (χ2n) is 2.24. The first kappa shape index (κ1) is 8.89. The number of nitriles is 1. The lowest BCUT2D eigenvalue weighted by Gasteiger charge is -1.95. The van der Waals surface area contributed by atoms with Crippen LogP contribution in [0.15, 0.2) is 35.2 Å². The maximum atomic E-state index is 8.29. The summed E-state index contributed by atoms with van der Waals surface area (Å²) in [6.07, 6.45) is 5.32. The van der Waals surface area contributed by atoms with Crippen LogP contribution in [0, 0.1) is 11.3 Å². The molecule has 0 spiro atoms. The fraction of sp³-hybridized carbons (Fsp3) is 0.100. The molecule has 2 heteroatoms. The summed E-state index contributed by atoms with van der Waals surface area (Å²) in [6.45, 7) is 0. The summed E-state index contributed by atoms with van der Waals surface area (Å²) in [7, 11) is 0. The number of allylic oxidation sites excluding steroid dienone is 1. The van der Waals surface area contributed by atoms with Gasteiger partial charge in [0.1, 0.15) is 0 Å². The van der Waals surface area contributed by atoms with E-state index in [0.717, 1.165) is 5.56 Å². The van der Waals surface area contributed by atoms with Gasteiger partial charge in [-0.15, -0.1) is 11.8 Å². The molecule has 0 heterocycles. The second kappa shape index (κ2) is 4.63. The average Bonchev–Trinajstić information content (AvgIpc) is 2.15. The van der Waals surface area contributed by atoms with E-state index in [1.165, 1.54) is 11.0 Å². The van der Waals surface area contributed by atoms with Crippen molar-refractivity contribution >= 4 is 17.8 Å². The lowest BCUT2D eigenvalue weighted by Crippen LogP contribution is -1.71. The predicted octanol–water partition coefficient (Wildman–Crippen LogP) is 2.95. The van der Waals surface area contributed by atoms with Crippen molar-refractivity contribution in [2.45, 2.75) is 4.90 Å². The van der Waals surface area contributed by atoms with Crippen molar-refractivity contribution in [3.63, 3.8) is 0 Å². The summed E-state index contributed by atoms with van der Waals surface area (Å²) in [5, 5.41) is 8.29. The molecular weight excluding hydrogens is 166 g/mol. The topological polar surface area (TPSA) is 23.8 Å². The highest BCUT2D eigenvalue weighted by molar-refractivity contribution is 7.98. The molecule has 0 N–H and O–H groups in total. The van der Waals surface area contributed by atoms with Gasteiger partial charge in [-0.1, -0.05) is 12.1 Å². The van der Waals surface area contributed by atoms with E-state index in [1.807, 2.05) is 36.6 Å². The predicted molar refractivity (Wildman–Crippen MR) is 52.9 cm³/mol. The molecule has 1 aromatic rings. The summed E-state index contributed by atoms with van der Waals surface area (Å²) in [6, 6.07) is 10.0. The van der Waals surface area contributed by atoms with E-state index >= 15 is 0 Å². The minimum atomic E-state index is 1.06. The summed E-state index contributed by atoms with van der Waals surface area (Å²) < 4.78 is 0. The van der Waals surface area contributed by atoms with Crippen molar-refractivity contribution in [1.29, 1.82) is 5.26 Å². The number of hydrogen-bond donors (Lipinski definition) is 0. The number of rotatable bonds is 2. The first-order valence-electron chi connectivity index (χ1n) is 3.57. The van der Waals surface area contributed by atoms with E-state index in [9.17, 15) is 0 Å². The molecule has 0 radical (unpaired) electrons. The number of thioether (sulfide) groups is 1. The Kier molecular flexibility index (Phi) is 3.43. The zero-order chi connectivity index (χ0) is 8.81. The van der Waals surface area contributed by atoms with Crippen LogP contribution in [-0.2, 0) is 0 Å². The first-order chi connectivity index (χ1) is 5.86. The molecule has 12 heavy (non-hydrogen) atoms. The summed E-state index contributed by atoms with van der Waals surface area (Å²) in [5.74, 6) is 0. The van der Waals surface area contributed by atoms with Crippen molar-refractivity contribution in [3.05, 3.63) is 35.9 Å². The van der Waals surface area contributed by atoms with Gasteiger partial charge >= 0.3 is 0 Å². The van der Waals surface area contributed by atoms with Gasteiger partial charge in [-0.3, -0.25) is 0 Å². The zero-order valence-electron chi connectivity index (χ0n) is 6.82. The van der Waals surface area contributed by atoms with Gasteiger partial charge in [-0.25, -0.2) is 0 Å². The van der Waals surface area contributed by atoms with E-state index in [0.29, 0.717) is 0 Å². The maximum absolute atomic E-state index is 8.29. The molecule has 0 bridgehead atoms. The van der Waals surface area contributed by atoms with Gasteiger partial charge in [0, 0.05) is 11.0 Å². The van der Waals surface area contributed by atoms with Gasteiger partial charge < -0.3 is 0 Å². The van der Waals surface area contributed by atoms with Crippen molar-refractivity contribution in [3.8, 4) is 6.07 Å². The highest BCUT2D eigenvalue weighted by Crippen LogP contribution is 2.15. The van der Waals surface area contributed by atoms with Crippen molar-refractivity contribution in [2.24, 2.45) is 0 Å². The normalized spacial score (nSPS) is 10.0. The van der Waals surface area contributed by atoms with Crippen LogP contribution in [0.1, 0.15) is 5.56 Å². The van der Waals surface area contributed by atoms with Crippen LogP contribution in [0.3, 0.4) is 0 Å². The van der Waals surface area contributed by atoms with Crippen LogP contribution in [0.25, 0.3) is 6.08 Å². The van der Waals surface area contributed by atoms with E-state index in [-0.39, 0.29) is 0 Å². The Morgan fingerprint density at radius 2 is 2.00 bits per heavy atom. The molecule has 0 aromatic heterocycles. The quantitative estimate of drug-likeness (QED) is 0.509. The monoisotopic (exact) mass is 175 g/mol. The Bertz CT molecular complexity index is 306. The third-order valence-corrected chi connectivity index (χ3v) is 2.21. The Morgan fingerprint density at radius 1 is 1.33 bits per heavy atom. The average molecular weight is 175 g/mol. The fourth-order valence-corrected chi connectivity index (χ4v) is 1.26. The third-order valence-electron chi connectivity index (χ3n) is 1.47. The molecule has 0 fully saturated rings. The van der Waals surface area contributed by atoms with E-state index in [1.54, 1.807) is 17.8 Å². The molecule has 1 nitrogen and oxygen atoms in total. The van der Waals surface area contributed by atoms with Gasteiger partial charge in [0.05, 0.1) is 6.07 Å². The van der Waals surface area contributed by atoms with Crippen LogP contribution < -0.4 is 0 Å². The largest absolute Gasteiger partial charge is 0.193 e. The zero-order valence-corrected chi connectivity index (χ0v) is 7.64. The number of hydrogen-bond acceptors (Lipinski definition) is 2. The van der Waals surface area contributed by atoms with Gasteiger partial charge in [-0.05, 0) is 30.0 Å². The number of nitrogens with zero attached hydrogens (tertiary/aromatic N) is 1. The number of benzene rings is 1. The van der Waals surface area contributed by atoms with Crippen LogP contribution in [-0.4, -0.2) is 6.26 Å². The van der Waals surface area contributed by atoms with Crippen LogP contribution >= 0.6 is 11.8 Å². The summed E-state index contributed by atoms with van der Waals surface area (Å²) >= 11 is 1.71. The first-order valence-corrected chi connectivity index (χ1v) is 4.79. The van der Waals surface area contributed by atoms with E-state index in [4.69, 9.17) is 5.26 Å². The maximum Gasteiger partial charge on any atom is 0.0912 e. The van der Waals surface area contributed by atoms with E-state index < -0.39 is 0 Å². The standard InChI is InChI=1S/C10H9NS/c1-12-10-6-4-9(5-7-10)3-2-8-11/h2-7H,1H3. The summed E-state index contributed by atoms with van der Waals surface area (Å²) in [5.41, 5.74) is 1.06. The lowest BCUT2D eigenvalue weighted by molar-refractivity contribution is 1.45. The van der Waals surface area contributed by atoms with Crippen molar-refractivity contribution in [2.75, 3.05) is 6.26 Å². The van der Waals surface area contributed by atoms with Crippen molar-refractivity contribution in [1.82, 2.24) is 0 Å². The van der Waals surface area contributed by atoms with Gasteiger partial charge in [-0.2, -0.15) is 5.26 Å². The van der Waals surface area contributed by atoms with Crippen LogP contribution in [0.5, 0.6) is 0 Å². The molecule has 0 atom stereocenters. The third kappa shape index (κ3) is 2.44. The molecule has 1 rings (SSSR count). The molecule has 0 aliphatic rings. The SMILES string of the molecule is CSc1ccc(C=CC#N)cc1. The molecule has 0 unspecified atom stereocenters. The fourth-order valence-electron chi connectivity index (χ4n) is 0.849. The molecule has 0 aliphatic heterocycles. The minimum Gasteiger partial charge on any atom is -0.193 e. The lowest BCUT2D eigenvalue weighted by atomic mass is 10.2. The van der Waals surface area contributed by atoms with Gasteiger partial charge in [0.2, 0.25) is 0 Å². The second-order valence-corrected chi connectivity index (χ2v) is 3.12. The molecule has 0 amide bonds. The van der Waals surface area contributed by atoms with E-state index in [2.05, 4.69) is 0 Å².